The van der Waals surface area contributed by atoms with Crippen LogP contribution in [0.4, 0.5) is 13.2 Å². The minimum Gasteiger partial charge on any atom is -0.481 e. The molecule has 3 aliphatic rings. The topological polar surface area (TPSA) is 157 Å². The van der Waals surface area contributed by atoms with Crippen LogP contribution in [0.1, 0.15) is 37.7 Å². The maximum absolute atomic E-state index is 13.8. The fraction of sp³-hybridized carbons (Fsp3) is 0.609. The molecule has 5 atom stereocenters. The Morgan fingerprint density at radius 2 is 1.89 bits per heavy atom. The number of carbonyl (C=O) groups excluding carboxylic acids is 1. The van der Waals surface area contributed by atoms with Crippen molar-refractivity contribution in [3.05, 3.63) is 28.2 Å². The molecule has 0 aromatic heterocycles. The highest BCUT2D eigenvalue weighted by atomic mass is 79.9. The molecule has 3 fully saturated rings. The smallest absolute Gasteiger partial charge is 0.417 e. The fourth-order valence-electron chi connectivity index (χ4n) is 5.73. The van der Waals surface area contributed by atoms with Crippen LogP contribution in [0.25, 0.3) is 0 Å². The van der Waals surface area contributed by atoms with Gasteiger partial charge in [0.05, 0.1) is 34.0 Å². The zero-order valence-corrected chi connectivity index (χ0v) is 21.7. The van der Waals surface area contributed by atoms with E-state index >= 15 is 0 Å². The number of nitriles is 1. The summed E-state index contributed by atoms with van der Waals surface area (Å²) in [4.78, 5) is 24.0. The van der Waals surface area contributed by atoms with Crippen LogP contribution in [0.5, 0.6) is 0 Å². The summed E-state index contributed by atoms with van der Waals surface area (Å²) in [7, 11) is -4.73. The first-order valence-corrected chi connectivity index (χ1v) is 13.8. The number of aliphatic carboxylic acids is 1. The lowest BCUT2D eigenvalue weighted by Gasteiger charge is -2.35. The second-order valence-corrected chi connectivity index (χ2v) is 12.8. The van der Waals surface area contributed by atoms with Crippen LogP contribution in [-0.4, -0.2) is 56.1 Å². The predicted octanol–water partition coefficient (Wildman–Crippen LogP) is 3.05. The Labute approximate surface area is 219 Å². The molecule has 37 heavy (non-hydrogen) atoms. The van der Waals surface area contributed by atoms with Crippen molar-refractivity contribution in [3.8, 4) is 6.07 Å². The number of carbonyl (C=O) groups is 2. The van der Waals surface area contributed by atoms with Crippen LogP contribution >= 0.6 is 15.9 Å². The largest absolute Gasteiger partial charge is 0.481 e. The molecule has 4 rings (SSSR count). The number of primary amides is 1. The van der Waals surface area contributed by atoms with Gasteiger partial charge >= 0.3 is 12.1 Å². The minimum atomic E-state index is -4.99. The molecule has 9 nitrogen and oxygen atoms in total. The maximum Gasteiger partial charge on any atom is 0.417 e. The highest BCUT2D eigenvalue weighted by molar-refractivity contribution is 9.10. The summed E-state index contributed by atoms with van der Waals surface area (Å²) >= 11 is 2.93. The van der Waals surface area contributed by atoms with Gasteiger partial charge in [-0.2, -0.15) is 18.4 Å². The van der Waals surface area contributed by atoms with E-state index in [2.05, 4.69) is 15.9 Å². The number of nitrogens with two attached hydrogens (primary N) is 1. The number of alkyl halides is 3. The van der Waals surface area contributed by atoms with E-state index in [-0.39, 0.29) is 10.9 Å². The molecule has 1 aliphatic heterocycles. The number of halogens is 4. The summed E-state index contributed by atoms with van der Waals surface area (Å²) in [6, 6.07) is 4.43. The van der Waals surface area contributed by atoms with Gasteiger partial charge in [-0.1, -0.05) is 15.9 Å². The molecule has 1 amide bonds. The van der Waals surface area contributed by atoms with Gasteiger partial charge in [0.25, 0.3) is 0 Å². The quantitative estimate of drug-likeness (QED) is 0.478. The van der Waals surface area contributed by atoms with Crippen LogP contribution in [0.15, 0.2) is 27.6 Å². The van der Waals surface area contributed by atoms with E-state index in [1.165, 1.54) is 0 Å². The van der Waals surface area contributed by atoms with E-state index in [0.717, 1.165) is 12.1 Å². The summed E-state index contributed by atoms with van der Waals surface area (Å²) in [5.74, 6) is -3.68. The highest BCUT2D eigenvalue weighted by Gasteiger charge is 2.75. The van der Waals surface area contributed by atoms with Gasteiger partial charge in [0.2, 0.25) is 5.91 Å². The maximum atomic E-state index is 13.8. The molecule has 0 radical (unpaired) electrons. The number of nitrogens with zero attached hydrogens (tertiary/aromatic N) is 1. The third-order valence-corrected chi connectivity index (χ3v) is 10.5. The summed E-state index contributed by atoms with van der Waals surface area (Å²) in [5, 5.41) is 18.5. The minimum absolute atomic E-state index is 0.0176. The Kier molecular flexibility index (Phi) is 7.15. The molecule has 1 aromatic carbocycles. The molecule has 1 heterocycles. The van der Waals surface area contributed by atoms with Crippen molar-refractivity contribution in [2.24, 2.45) is 22.5 Å². The molecule has 2 saturated carbocycles. The number of ether oxygens (including phenoxy) is 2. The summed E-state index contributed by atoms with van der Waals surface area (Å²) in [6.07, 6.45) is -7.22. The van der Waals surface area contributed by atoms with Crippen LogP contribution in [0.2, 0.25) is 0 Å². The van der Waals surface area contributed by atoms with Crippen molar-refractivity contribution in [1.82, 2.24) is 0 Å². The Morgan fingerprint density at radius 3 is 2.41 bits per heavy atom. The molecule has 2 aliphatic carbocycles. The average Bonchev–Trinajstić information content (AvgIpc) is 3.46. The number of carboxylic acid groups (broad SMARTS) is 1. The zero-order valence-electron chi connectivity index (χ0n) is 19.3. The van der Waals surface area contributed by atoms with Crippen molar-refractivity contribution in [2.45, 2.75) is 60.6 Å². The lowest BCUT2D eigenvalue weighted by atomic mass is 9.75. The van der Waals surface area contributed by atoms with Crippen molar-refractivity contribution >= 4 is 37.6 Å². The van der Waals surface area contributed by atoms with E-state index in [0.29, 0.717) is 32.1 Å². The third-order valence-electron chi connectivity index (χ3n) is 7.75. The molecular formula is C23H24BrF3N2O7S. The normalized spacial score (nSPS) is 32.6. The SMILES string of the molecule is N#CC1(C(N)=O)CC1[C@@]1(C(=O)O)C[C@H](S(=O)(=O)c2ccc(Br)cc2C(F)(F)F)C[C@@H]1OC1CCOCC1. The van der Waals surface area contributed by atoms with E-state index < -0.39 is 85.4 Å². The van der Waals surface area contributed by atoms with E-state index in [1.807, 2.05) is 0 Å². The second kappa shape index (κ2) is 9.52. The molecule has 2 unspecified atom stereocenters. The van der Waals surface area contributed by atoms with Crippen LogP contribution < -0.4 is 5.73 Å². The molecule has 0 spiro atoms. The Bertz CT molecular complexity index is 1260. The summed E-state index contributed by atoms with van der Waals surface area (Å²) in [5.41, 5.74) is 0.192. The van der Waals surface area contributed by atoms with Gasteiger partial charge in [-0.15, -0.1) is 0 Å². The molecular weight excluding hydrogens is 585 g/mol. The molecule has 202 valence electrons. The lowest BCUT2D eigenvalue weighted by molar-refractivity contribution is -0.168. The van der Waals surface area contributed by atoms with Gasteiger partial charge in [-0.25, -0.2) is 8.42 Å². The number of sulfone groups is 1. The van der Waals surface area contributed by atoms with E-state index in [1.54, 1.807) is 6.07 Å². The number of hydrogen-bond acceptors (Lipinski definition) is 7. The van der Waals surface area contributed by atoms with Gasteiger partial charge in [0.15, 0.2) is 9.84 Å². The predicted molar refractivity (Wildman–Crippen MR) is 123 cm³/mol. The number of carboxylic acids is 1. The monoisotopic (exact) mass is 608 g/mol. The van der Waals surface area contributed by atoms with Crippen LogP contribution in [0, 0.1) is 28.1 Å². The number of rotatable bonds is 7. The number of hydrogen-bond donors (Lipinski definition) is 2. The summed E-state index contributed by atoms with van der Waals surface area (Å²) < 4.78 is 80.0. The van der Waals surface area contributed by atoms with Crippen molar-refractivity contribution in [3.63, 3.8) is 0 Å². The van der Waals surface area contributed by atoms with Crippen LogP contribution in [0.3, 0.4) is 0 Å². The first-order valence-electron chi connectivity index (χ1n) is 11.5. The molecule has 1 saturated heterocycles. The van der Waals surface area contributed by atoms with E-state index in [4.69, 9.17) is 15.2 Å². The second-order valence-electron chi connectivity index (χ2n) is 9.73. The van der Waals surface area contributed by atoms with Crippen LogP contribution in [-0.2, 0) is 35.1 Å². The number of benzene rings is 1. The van der Waals surface area contributed by atoms with Crippen molar-refractivity contribution in [1.29, 1.82) is 5.26 Å². The summed E-state index contributed by atoms with van der Waals surface area (Å²) in [6.45, 7) is 0.666. The van der Waals surface area contributed by atoms with Gasteiger partial charge in [-0.05, 0) is 50.3 Å². The standard InChI is InChI=1S/C23H24BrF3N2O7S/c24-12-1-2-16(15(7-12)23(25,26)27)37(33,34)14-8-18(36-13-3-5-35-6-4-13)22(9-14,20(31)32)17-10-21(17,11-28)19(29)30/h1-2,7,13-14,17-18H,3-6,8-10H2,(H2,29,30)(H,31,32)/t14-,17?,18+,21?,22+/m1/s1. The Hall–Kier alpha value is -2.21. The Morgan fingerprint density at radius 1 is 1.24 bits per heavy atom. The lowest BCUT2D eigenvalue weighted by Crippen LogP contribution is -2.46. The third kappa shape index (κ3) is 4.64. The van der Waals surface area contributed by atoms with Gasteiger partial charge in [-0.3, -0.25) is 9.59 Å². The first kappa shape index (κ1) is 27.8. The molecule has 1 aromatic rings. The van der Waals surface area contributed by atoms with E-state index in [9.17, 15) is 41.5 Å². The van der Waals surface area contributed by atoms with Gasteiger partial charge < -0.3 is 20.3 Å². The fourth-order valence-corrected chi connectivity index (χ4v) is 8.11. The highest BCUT2D eigenvalue weighted by Crippen LogP contribution is 2.67. The first-order chi connectivity index (χ1) is 17.2. The molecule has 14 heteroatoms. The van der Waals surface area contributed by atoms with Crippen molar-refractivity contribution in [2.75, 3.05) is 13.2 Å². The van der Waals surface area contributed by atoms with Gasteiger partial charge in [0.1, 0.15) is 10.8 Å². The Balaban J connectivity index is 1.79. The molecule has 0 bridgehead atoms. The number of amides is 1. The average molecular weight is 609 g/mol. The van der Waals surface area contributed by atoms with Crippen molar-refractivity contribution < 1.29 is 45.8 Å². The van der Waals surface area contributed by atoms with Gasteiger partial charge in [0, 0.05) is 23.6 Å². The zero-order chi connectivity index (χ0) is 27.4. The molecule has 3 N–H and O–H groups in total.